The second kappa shape index (κ2) is 9.47. The average Bonchev–Trinajstić information content (AvgIpc) is 2.98. The van der Waals surface area contributed by atoms with Crippen molar-refractivity contribution < 1.29 is 14.3 Å². The van der Waals surface area contributed by atoms with Gasteiger partial charge in [0, 0.05) is 15.6 Å². The maximum atomic E-state index is 13.2. The molecule has 0 spiro atoms. The van der Waals surface area contributed by atoms with Crippen LogP contribution in [0.25, 0.3) is 0 Å². The van der Waals surface area contributed by atoms with Crippen molar-refractivity contribution in [2.45, 2.75) is 19.9 Å². The monoisotopic (exact) mass is 462 g/mol. The zero-order valence-corrected chi connectivity index (χ0v) is 18.3. The SMILES string of the molecule is C=CCn1nc(C)c(C(=O)c2ccc(Cl)cc2Cl)c1OC(=O)Cc1ccc(Cl)cc1. The van der Waals surface area contributed by atoms with Gasteiger partial charge in [-0.1, -0.05) is 53.0 Å². The van der Waals surface area contributed by atoms with Crippen LogP contribution in [0.2, 0.25) is 15.1 Å². The zero-order chi connectivity index (χ0) is 21.8. The summed E-state index contributed by atoms with van der Waals surface area (Å²) in [6.07, 6.45) is 1.59. The molecule has 0 aliphatic rings. The van der Waals surface area contributed by atoms with Crippen LogP contribution >= 0.6 is 34.8 Å². The molecule has 0 amide bonds. The summed E-state index contributed by atoms with van der Waals surface area (Å²) in [6.45, 7) is 5.60. The molecule has 0 radical (unpaired) electrons. The Morgan fingerprint density at radius 3 is 2.40 bits per heavy atom. The quantitative estimate of drug-likeness (QED) is 0.255. The van der Waals surface area contributed by atoms with Gasteiger partial charge < -0.3 is 4.74 Å². The maximum Gasteiger partial charge on any atom is 0.316 e. The number of halogens is 3. The van der Waals surface area contributed by atoms with Crippen molar-refractivity contribution in [3.05, 3.63) is 92.6 Å². The van der Waals surface area contributed by atoms with E-state index >= 15 is 0 Å². The number of benzene rings is 2. The average molecular weight is 464 g/mol. The topological polar surface area (TPSA) is 61.2 Å². The molecule has 8 heteroatoms. The lowest BCUT2D eigenvalue weighted by molar-refractivity contribution is -0.134. The van der Waals surface area contributed by atoms with Crippen molar-refractivity contribution in [3.8, 4) is 5.88 Å². The highest BCUT2D eigenvalue weighted by Gasteiger charge is 2.27. The standard InChI is InChI=1S/C22H17Cl3N2O3/c1-3-10-27-22(30-19(28)11-14-4-6-15(23)7-5-14)20(13(2)26-27)21(29)17-9-8-16(24)12-18(17)25/h3-9,12H,1,10-11H2,2H3. The minimum absolute atomic E-state index is 0.00478. The first-order valence-electron chi connectivity index (χ1n) is 8.93. The number of allylic oxidation sites excluding steroid dienone is 1. The molecule has 0 fully saturated rings. The van der Waals surface area contributed by atoms with Gasteiger partial charge in [-0.2, -0.15) is 5.10 Å². The van der Waals surface area contributed by atoms with Gasteiger partial charge in [0.05, 0.1) is 23.7 Å². The van der Waals surface area contributed by atoms with Crippen LogP contribution in [-0.2, 0) is 17.8 Å². The number of hydrogen-bond donors (Lipinski definition) is 0. The van der Waals surface area contributed by atoms with Gasteiger partial charge in [0.2, 0.25) is 11.7 Å². The largest absolute Gasteiger partial charge is 0.407 e. The van der Waals surface area contributed by atoms with Crippen LogP contribution in [0.3, 0.4) is 0 Å². The molecule has 1 aromatic heterocycles. The van der Waals surface area contributed by atoms with Crippen LogP contribution in [0, 0.1) is 6.92 Å². The third kappa shape index (κ3) is 4.93. The lowest BCUT2D eigenvalue weighted by atomic mass is 10.0. The number of carbonyl (C=O) groups is 2. The molecule has 0 saturated heterocycles. The summed E-state index contributed by atoms with van der Waals surface area (Å²) < 4.78 is 7.00. The van der Waals surface area contributed by atoms with Gasteiger partial charge in [0.25, 0.3) is 0 Å². The smallest absolute Gasteiger partial charge is 0.316 e. The number of ketones is 1. The summed E-state index contributed by atoms with van der Waals surface area (Å²) in [5.41, 5.74) is 1.52. The van der Waals surface area contributed by atoms with Crippen molar-refractivity contribution in [2.24, 2.45) is 0 Å². The van der Waals surface area contributed by atoms with Crippen LogP contribution in [0.4, 0.5) is 0 Å². The predicted octanol–water partition coefficient (Wildman–Crippen LogP) is 5.72. The summed E-state index contributed by atoms with van der Waals surface area (Å²) in [7, 11) is 0. The molecule has 0 aliphatic carbocycles. The molecule has 5 nitrogen and oxygen atoms in total. The normalized spacial score (nSPS) is 10.7. The molecule has 30 heavy (non-hydrogen) atoms. The summed E-state index contributed by atoms with van der Waals surface area (Å²) in [5.74, 6) is -0.917. The van der Waals surface area contributed by atoms with Gasteiger partial charge in [-0.3, -0.25) is 9.59 Å². The van der Waals surface area contributed by atoms with E-state index in [2.05, 4.69) is 11.7 Å². The van der Waals surface area contributed by atoms with Gasteiger partial charge in [-0.15, -0.1) is 6.58 Å². The molecule has 0 unspecified atom stereocenters. The molecule has 0 bridgehead atoms. The Labute approximate surface area is 188 Å². The van der Waals surface area contributed by atoms with Crippen LogP contribution in [-0.4, -0.2) is 21.5 Å². The summed E-state index contributed by atoms with van der Waals surface area (Å²) in [6, 6.07) is 11.4. The number of rotatable bonds is 7. The highest BCUT2D eigenvalue weighted by atomic mass is 35.5. The number of esters is 1. The number of carbonyl (C=O) groups excluding carboxylic acids is 2. The Morgan fingerprint density at radius 1 is 1.10 bits per heavy atom. The van der Waals surface area contributed by atoms with Crippen molar-refractivity contribution in [1.29, 1.82) is 0 Å². The molecular weight excluding hydrogens is 447 g/mol. The van der Waals surface area contributed by atoms with Gasteiger partial charge in [0.15, 0.2) is 0 Å². The lowest BCUT2D eigenvalue weighted by Gasteiger charge is -2.10. The summed E-state index contributed by atoms with van der Waals surface area (Å²) >= 11 is 18.0. The molecule has 3 aromatic rings. The van der Waals surface area contributed by atoms with E-state index in [9.17, 15) is 9.59 Å². The molecule has 1 heterocycles. The van der Waals surface area contributed by atoms with E-state index in [1.54, 1.807) is 43.3 Å². The Morgan fingerprint density at radius 2 is 1.77 bits per heavy atom. The molecule has 0 aliphatic heterocycles. The Bertz CT molecular complexity index is 1120. The fourth-order valence-corrected chi connectivity index (χ4v) is 3.51. The van der Waals surface area contributed by atoms with Gasteiger partial charge in [0.1, 0.15) is 5.56 Å². The molecule has 154 valence electrons. The third-order valence-electron chi connectivity index (χ3n) is 4.26. The van der Waals surface area contributed by atoms with Gasteiger partial charge in [-0.05, 0) is 42.8 Å². The van der Waals surface area contributed by atoms with Gasteiger partial charge in [-0.25, -0.2) is 4.68 Å². The molecule has 2 aromatic carbocycles. The predicted molar refractivity (Wildman–Crippen MR) is 118 cm³/mol. The number of aromatic nitrogens is 2. The number of aryl methyl sites for hydroxylation is 1. The van der Waals surface area contributed by atoms with Crippen molar-refractivity contribution >= 4 is 46.6 Å². The number of nitrogens with zero attached hydrogens (tertiary/aromatic N) is 2. The van der Waals surface area contributed by atoms with E-state index in [1.807, 2.05) is 0 Å². The van der Waals surface area contributed by atoms with Crippen molar-refractivity contribution in [1.82, 2.24) is 9.78 Å². The first-order chi connectivity index (χ1) is 14.3. The second-order valence-electron chi connectivity index (χ2n) is 6.47. The van der Waals surface area contributed by atoms with Crippen molar-refractivity contribution in [2.75, 3.05) is 0 Å². The Kier molecular flexibility index (Phi) is 6.98. The molecular formula is C22H17Cl3N2O3. The fourth-order valence-electron chi connectivity index (χ4n) is 2.89. The lowest BCUT2D eigenvalue weighted by Crippen LogP contribution is -2.16. The van der Waals surface area contributed by atoms with Crippen LogP contribution in [0.5, 0.6) is 5.88 Å². The minimum Gasteiger partial charge on any atom is -0.407 e. The van der Waals surface area contributed by atoms with Crippen molar-refractivity contribution in [3.63, 3.8) is 0 Å². The van der Waals surface area contributed by atoms with E-state index < -0.39 is 11.8 Å². The summed E-state index contributed by atoms with van der Waals surface area (Å²) in [4.78, 5) is 25.8. The number of ether oxygens (including phenoxy) is 1. The Hall–Kier alpha value is -2.60. The number of hydrogen-bond acceptors (Lipinski definition) is 4. The third-order valence-corrected chi connectivity index (χ3v) is 5.06. The maximum absolute atomic E-state index is 13.2. The van der Waals surface area contributed by atoms with Gasteiger partial charge >= 0.3 is 5.97 Å². The van der Waals surface area contributed by atoms with E-state index in [1.165, 1.54) is 16.8 Å². The van der Waals surface area contributed by atoms with E-state index in [0.717, 1.165) is 5.56 Å². The van der Waals surface area contributed by atoms with Crippen LogP contribution in [0.15, 0.2) is 55.1 Å². The molecule has 0 N–H and O–H groups in total. The first-order valence-corrected chi connectivity index (χ1v) is 10.1. The van der Waals surface area contributed by atoms with Crippen LogP contribution in [0.1, 0.15) is 27.2 Å². The highest BCUT2D eigenvalue weighted by Crippen LogP contribution is 2.30. The molecule has 0 atom stereocenters. The van der Waals surface area contributed by atoms with E-state index in [-0.39, 0.29) is 35.0 Å². The molecule has 3 rings (SSSR count). The van der Waals surface area contributed by atoms with Crippen LogP contribution < -0.4 is 4.74 Å². The second-order valence-corrected chi connectivity index (χ2v) is 7.75. The summed E-state index contributed by atoms with van der Waals surface area (Å²) in [5, 5.41) is 5.50. The Balaban J connectivity index is 1.96. The fraction of sp³-hybridized carbons (Fsp3) is 0.136. The minimum atomic E-state index is -0.543. The van der Waals surface area contributed by atoms with E-state index in [0.29, 0.717) is 15.7 Å². The highest BCUT2D eigenvalue weighted by molar-refractivity contribution is 6.37. The molecule has 0 saturated carbocycles. The van der Waals surface area contributed by atoms with E-state index in [4.69, 9.17) is 39.5 Å². The zero-order valence-electron chi connectivity index (χ0n) is 16.0. The first kappa shape index (κ1) is 22.1.